The lowest BCUT2D eigenvalue weighted by molar-refractivity contribution is 0.0950. The lowest BCUT2D eigenvalue weighted by atomic mass is 10.1. The first-order chi connectivity index (χ1) is 17.7. The highest BCUT2D eigenvalue weighted by Gasteiger charge is 2.33. The second-order valence-electron chi connectivity index (χ2n) is 7.87. The van der Waals surface area contributed by atoms with Gasteiger partial charge in [0.05, 0.1) is 49.8 Å². The molecule has 37 heavy (non-hydrogen) atoms. The van der Waals surface area contributed by atoms with Crippen molar-refractivity contribution in [1.82, 2.24) is 10.3 Å². The summed E-state index contributed by atoms with van der Waals surface area (Å²) in [5, 5.41) is 14.2. The molecule has 0 bridgehead atoms. The summed E-state index contributed by atoms with van der Waals surface area (Å²) < 4.78 is 40.7. The number of nitriles is 1. The van der Waals surface area contributed by atoms with Crippen molar-refractivity contribution < 1.29 is 22.4 Å². The molecule has 1 aromatic heterocycles. The van der Waals surface area contributed by atoms with Gasteiger partial charge in [-0.05, 0) is 42.5 Å². The van der Waals surface area contributed by atoms with Crippen molar-refractivity contribution in [3.8, 4) is 16.6 Å². The normalized spacial score (nSPS) is 13.5. The summed E-state index contributed by atoms with van der Waals surface area (Å²) in [6.45, 7) is 0.0396. The summed E-state index contributed by atoms with van der Waals surface area (Å²) in [6, 6.07) is 14.2. The maximum atomic E-state index is 14.3. The van der Waals surface area contributed by atoms with E-state index in [0.29, 0.717) is 9.88 Å². The maximum Gasteiger partial charge on any atom is 0.257 e. The van der Waals surface area contributed by atoms with Crippen molar-refractivity contribution in [3.63, 3.8) is 0 Å². The zero-order chi connectivity index (χ0) is 26.3. The third-order valence-electron chi connectivity index (χ3n) is 5.60. The molecule has 0 unspecified atom stereocenters. The van der Waals surface area contributed by atoms with Gasteiger partial charge in [-0.3, -0.25) is 9.59 Å². The van der Waals surface area contributed by atoms with Crippen molar-refractivity contribution in [3.05, 3.63) is 93.2 Å². The number of carbonyl (C=O) groups is 2. The van der Waals surface area contributed by atoms with Crippen molar-refractivity contribution >= 4 is 50.3 Å². The Morgan fingerprint density at radius 2 is 1.92 bits per heavy atom. The van der Waals surface area contributed by atoms with Gasteiger partial charge in [-0.1, -0.05) is 23.7 Å². The quantitative estimate of drug-likeness (QED) is 0.374. The fourth-order valence-electron chi connectivity index (χ4n) is 3.80. The van der Waals surface area contributed by atoms with Gasteiger partial charge in [-0.25, -0.2) is 17.8 Å². The molecule has 2 amide bonds. The van der Waals surface area contributed by atoms with Gasteiger partial charge >= 0.3 is 0 Å². The minimum atomic E-state index is -4.08. The molecule has 0 spiro atoms. The van der Waals surface area contributed by atoms with Crippen LogP contribution in [-0.4, -0.2) is 25.2 Å². The minimum Gasteiger partial charge on any atom is -0.347 e. The van der Waals surface area contributed by atoms with Gasteiger partial charge in [0.1, 0.15) is 10.8 Å². The Balaban J connectivity index is 1.39. The maximum absolute atomic E-state index is 14.3. The van der Waals surface area contributed by atoms with Crippen LogP contribution in [0.25, 0.3) is 10.6 Å². The van der Waals surface area contributed by atoms with Crippen LogP contribution in [0.4, 0.5) is 10.1 Å². The highest BCUT2D eigenvalue weighted by molar-refractivity contribution is 7.91. The van der Waals surface area contributed by atoms with E-state index in [1.54, 1.807) is 6.07 Å². The number of hydrogen-bond acceptors (Lipinski definition) is 7. The third-order valence-corrected chi connectivity index (χ3v) is 8.88. The molecule has 184 valence electrons. The van der Waals surface area contributed by atoms with Crippen LogP contribution in [-0.2, 0) is 16.4 Å². The standard InChI is InChI=1S/C25H14ClFN4O4S2/c26-21-17(7-8-20-22(21)31-24(33)16-3-1-2-4-19(16)37(20,34)35)23(32)29-11-14-12-30-25(36-14)15-6-5-13(10-28)9-18(15)27/h1-9,12H,11H2,(H,29,32)(H,31,33). The number of hydrogen-bond donors (Lipinski definition) is 2. The molecule has 4 aromatic rings. The lowest BCUT2D eigenvalue weighted by Crippen LogP contribution is -2.23. The monoisotopic (exact) mass is 552 g/mol. The molecule has 0 aliphatic carbocycles. The number of carbonyl (C=O) groups excluding carboxylic acids is 2. The number of nitrogens with one attached hydrogen (secondary N) is 2. The molecular formula is C25H14ClFN4O4S2. The topological polar surface area (TPSA) is 129 Å². The molecule has 2 N–H and O–H groups in total. The molecule has 2 heterocycles. The minimum absolute atomic E-state index is 0.0273. The highest BCUT2D eigenvalue weighted by atomic mass is 35.5. The lowest BCUT2D eigenvalue weighted by Gasteiger charge is -2.13. The van der Waals surface area contributed by atoms with Crippen molar-refractivity contribution in [2.24, 2.45) is 0 Å². The van der Waals surface area contributed by atoms with Crippen LogP contribution in [0, 0.1) is 17.1 Å². The van der Waals surface area contributed by atoms with Crippen LogP contribution in [0.1, 0.15) is 31.2 Å². The van der Waals surface area contributed by atoms with Gasteiger partial charge < -0.3 is 10.6 Å². The fourth-order valence-corrected chi connectivity index (χ4v) is 6.64. The largest absolute Gasteiger partial charge is 0.347 e. The number of sulfone groups is 1. The Morgan fingerprint density at radius 3 is 2.68 bits per heavy atom. The molecular weight excluding hydrogens is 539 g/mol. The van der Waals surface area contributed by atoms with E-state index in [-0.39, 0.29) is 49.3 Å². The molecule has 0 fully saturated rings. The SMILES string of the molecule is N#Cc1ccc(-c2ncc(CNC(=O)c3ccc4c(c3Cl)NC(=O)c3ccccc3S4(=O)=O)s2)c(F)c1. The van der Waals surface area contributed by atoms with Crippen molar-refractivity contribution in [1.29, 1.82) is 5.26 Å². The van der Waals surface area contributed by atoms with Crippen LogP contribution in [0.15, 0.2) is 70.6 Å². The molecule has 12 heteroatoms. The first-order valence-corrected chi connectivity index (χ1v) is 13.3. The van der Waals surface area contributed by atoms with Gasteiger partial charge in [0.25, 0.3) is 11.8 Å². The number of nitrogens with zero attached hydrogens (tertiary/aromatic N) is 2. The van der Waals surface area contributed by atoms with E-state index in [2.05, 4.69) is 15.6 Å². The van der Waals surface area contributed by atoms with Crippen molar-refractivity contribution in [2.45, 2.75) is 16.3 Å². The number of halogens is 2. The van der Waals surface area contributed by atoms with Gasteiger partial charge in [0.15, 0.2) is 0 Å². The Hall–Kier alpha value is -4.11. The van der Waals surface area contributed by atoms with Crippen LogP contribution in [0.2, 0.25) is 5.02 Å². The number of amides is 2. The summed E-state index contributed by atoms with van der Waals surface area (Å²) >= 11 is 7.58. The summed E-state index contributed by atoms with van der Waals surface area (Å²) in [7, 11) is -4.08. The number of anilines is 1. The van der Waals surface area contributed by atoms with E-state index in [9.17, 15) is 22.4 Å². The van der Waals surface area contributed by atoms with Gasteiger partial charge in [0, 0.05) is 16.6 Å². The molecule has 0 atom stereocenters. The smallest absolute Gasteiger partial charge is 0.257 e. The predicted molar refractivity (Wildman–Crippen MR) is 135 cm³/mol. The highest BCUT2D eigenvalue weighted by Crippen LogP contribution is 2.39. The molecule has 5 rings (SSSR count). The third kappa shape index (κ3) is 4.35. The van der Waals surface area contributed by atoms with E-state index >= 15 is 0 Å². The summed E-state index contributed by atoms with van der Waals surface area (Å²) in [5.74, 6) is -1.86. The molecule has 1 aliphatic rings. The fraction of sp³-hybridized carbons (Fsp3) is 0.0400. The number of fused-ring (bicyclic) bond motifs is 2. The zero-order valence-electron chi connectivity index (χ0n) is 18.6. The molecule has 0 saturated carbocycles. The van der Waals surface area contributed by atoms with Crippen LogP contribution < -0.4 is 10.6 Å². The van der Waals surface area contributed by atoms with E-state index in [1.165, 1.54) is 48.7 Å². The average Bonchev–Trinajstić information content (AvgIpc) is 3.33. The van der Waals surface area contributed by atoms with Crippen LogP contribution in [0.3, 0.4) is 0 Å². The summed E-state index contributed by atoms with van der Waals surface area (Å²) in [5.41, 5.74) is 0.182. The van der Waals surface area contributed by atoms with Gasteiger partial charge in [0.2, 0.25) is 9.84 Å². The van der Waals surface area contributed by atoms with E-state index in [1.807, 2.05) is 6.07 Å². The zero-order valence-corrected chi connectivity index (χ0v) is 21.0. The second kappa shape index (κ2) is 9.40. The van der Waals surface area contributed by atoms with Crippen molar-refractivity contribution in [2.75, 3.05) is 5.32 Å². The predicted octanol–water partition coefficient (Wildman–Crippen LogP) is 4.80. The Bertz CT molecular complexity index is 1760. The van der Waals surface area contributed by atoms with Gasteiger partial charge in [-0.2, -0.15) is 5.26 Å². The Labute approximate surface area is 219 Å². The number of thiazole rings is 1. The average molecular weight is 553 g/mol. The number of benzene rings is 3. The Kier molecular flexibility index (Phi) is 6.25. The molecule has 3 aromatic carbocycles. The van der Waals surface area contributed by atoms with E-state index in [0.717, 1.165) is 17.4 Å². The first-order valence-electron chi connectivity index (χ1n) is 10.6. The first kappa shape index (κ1) is 24.6. The van der Waals surface area contributed by atoms with E-state index in [4.69, 9.17) is 16.9 Å². The second-order valence-corrected chi connectivity index (χ2v) is 11.3. The van der Waals surface area contributed by atoms with Crippen LogP contribution in [0.5, 0.6) is 0 Å². The molecule has 0 saturated heterocycles. The number of aromatic nitrogens is 1. The summed E-state index contributed by atoms with van der Waals surface area (Å²) in [4.78, 5) is 30.0. The van der Waals surface area contributed by atoms with Crippen LogP contribution >= 0.6 is 22.9 Å². The Morgan fingerprint density at radius 1 is 1.14 bits per heavy atom. The van der Waals surface area contributed by atoms with Gasteiger partial charge in [-0.15, -0.1) is 11.3 Å². The summed E-state index contributed by atoms with van der Waals surface area (Å²) in [6.07, 6.45) is 1.49. The number of rotatable bonds is 4. The van der Waals surface area contributed by atoms with E-state index < -0.39 is 27.5 Å². The molecule has 1 aliphatic heterocycles. The molecule has 0 radical (unpaired) electrons. The molecule has 8 nitrogen and oxygen atoms in total.